The number of anilines is 1. The highest BCUT2D eigenvalue weighted by Crippen LogP contribution is 2.16. The molecule has 0 aliphatic rings. The number of benzene rings is 1. The van der Waals surface area contributed by atoms with Gasteiger partial charge in [-0.3, -0.25) is 4.79 Å². The molecule has 0 aliphatic carbocycles. The first kappa shape index (κ1) is 14.0. The Labute approximate surface area is 117 Å². The molecule has 6 nitrogen and oxygen atoms in total. The molecule has 0 atom stereocenters. The number of carbonyl (C=O) groups excluding carboxylic acids is 1. The van der Waals surface area contributed by atoms with Crippen molar-refractivity contribution in [1.82, 2.24) is 10.3 Å². The maximum absolute atomic E-state index is 11.8. The van der Waals surface area contributed by atoms with E-state index >= 15 is 0 Å². The Morgan fingerprint density at radius 2 is 2.10 bits per heavy atom. The number of aromatic nitrogens is 2. The van der Waals surface area contributed by atoms with Gasteiger partial charge < -0.3 is 10.1 Å². The van der Waals surface area contributed by atoms with Crippen LogP contribution < -0.4 is 10.1 Å². The molecule has 0 spiro atoms. The minimum atomic E-state index is -0.298. The Kier molecular flexibility index (Phi) is 4.34. The number of hydrogen-bond donors (Lipinski definition) is 1. The third-order valence-corrected chi connectivity index (χ3v) is 3.00. The summed E-state index contributed by atoms with van der Waals surface area (Å²) in [4.78, 5) is 11.8. The van der Waals surface area contributed by atoms with Gasteiger partial charge >= 0.3 is 0 Å². The average molecular weight is 275 g/mol. The first-order chi connectivity index (χ1) is 9.60. The fraction of sp³-hybridized carbons (Fsp3) is 0.357. The largest absolute Gasteiger partial charge is 0.484 e. The quantitative estimate of drug-likeness (QED) is 0.905. The molecule has 0 bridgehead atoms. The summed E-state index contributed by atoms with van der Waals surface area (Å²) < 4.78 is 10.0. The molecule has 1 N–H and O–H groups in total. The second-order valence-electron chi connectivity index (χ2n) is 4.50. The fourth-order valence-electron chi connectivity index (χ4n) is 1.65. The van der Waals surface area contributed by atoms with Crippen LogP contribution in [0.25, 0.3) is 0 Å². The van der Waals surface area contributed by atoms with Gasteiger partial charge in [-0.2, -0.15) is 0 Å². The lowest BCUT2D eigenvalue weighted by atomic mass is 10.1. The molecule has 2 rings (SSSR count). The van der Waals surface area contributed by atoms with Crippen LogP contribution in [0.15, 0.2) is 22.8 Å². The zero-order chi connectivity index (χ0) is 14.5. The molecular weight excluding hydrogens is 258 g/mol. The predicted molar refractivity (Wildman–Crippen MR) is 73.7 cm³/mol. The number of amides is 1. The zero-order valence-corrected chi connectivity index (χ0v) is 11.8. The molecule has 2 aromatic rings. The number of aryl methyl sites for hydroxylation is 3. The molecule has 20 heavy (non-hydrogen) atoms. The first-order valence-electron chi connectivity index (χ1n) is 6.41. The van der Waals surface area contributed by atoms with Gasteiger partial charge in [0.1, 0.15) is 11.4 Å². The van der Waals surface area contributed by atoms with E-state index in [1.54, 1.807) is 0 Å². The number of hydrogen-bond acceptors (Lipinski definition) is 5. The molecule has 6 heteroatoms. The van der Waals surface area contributed by atoms with Crippen LogP contribution >= 0.6 is 0 Å². The summed E-state index contributed by atoms with van der Waals surface area (Å²) in [6.07, 6.45) is 0.636. The van der Waals surface area contributed by atoms with Crippen molar-refractivity contribution in [3.05, 3.63) is 35.0 Å². The van der Waals surface area contributed by atoms with Crippen molar-refractivity contribution < 1.29 is 14.2 Å². The molecule has 0 unspecified atom stereocenters. The van der Waals surface area contributed by atoms with Gasteiger partial charge in [0.2, 0.25) is 5.82 Å². The maximum Gasteiger partial charge on any atom is 0.263 e. The van der Waals surface area contributed by atoms with Crippen molar-refractivity contribution in [3.8, 4) is 5.75 Å². The first-order valence-corrected chi connectivity index (χ1v) is 6.41. The van der Waals surface area contributed by atoms with Crippen molar-refractivity contribution in [2.45, 2.75) is 27.2 Å². The number of ether oxygens (including phenoxy) is 1. The van der Waals surface area contributed by atoms with Crippen LogP contribution in [0.5, 0.6) is 5.75 Å². The topological polar surface area (TPSA) is 77.3 Å². The molecule has 0 aliphatic heterocycles. The monoisotopic (exact) mass is 275 g/mol. The van der Waals surface area contributed by atoms with Crippen LogP contribution in [0.1, 0.15) is 23.7 Å². The normalized spacial score (nSPS) is 10.3. The highest BCUT2D eigenvalue weighted by Gasteiger charge is 2.12. The molecule has 1 amide bonds. The summed E-state index contributed by atoms with van der Waals surface area (Å²) >= 11 is 0. The maximum atomic E-state index is 11.8. The summed E-state index contributed by atoms with van der Waals surface area (Å²) in [5, 5.41) is 9.93. The van der Waals surface area contributed by atoms with Crippen molar-refractivity contribution in [2.24, 2.45) is 0 Å². The van der Waals surface area contributed by atoms with E-state index in [1.807, 2.05) is 39.0 Å². The SMILES string of the molecule is CCc1nonc1NC(=O)COc1ccc(C)c(C)c1. The standard InChI is InChI=1S/C14H17N3O3/c1-4-12-14(17-20-16-12)15-13(18)8-19-11-6-5-9(2)10(3)7-11/h5-7H,4,8H2,1-3H3,(H,15,17,18). The molecule has 1 aromatic heterocycles. The number of nitrogens with one attached hydrogen (secondary N) is 1. The molecule has 0 fully saturated rings. The lowest BCUT2D eigenvalue weighted by Crippen LogP contribution is -2.21. The van der Waals surface area contributed by atoms with Gasteiger partial charge in [-0.25, -0.2) is 4.63 Å². The van der Waals surface area contributed by atoms with E-state index in [2.05, 4.69) is 20.3 Å². The smallest absolute Gasteiger partial charge is 0.263 e. The van der Waals surface area contributed by atoms with Gasteiger partial charge in [0.05, 0.1) is 0 Å². The molecule has 0 saturated heterocycles. The molecule has 1 aromatic carbocycles. The van der Waals surface area contributed by atoms with E-state index in [9.17, 15) is 4.79 Å². The highest BCUT2D eigenvalue weighted by atomic mass is 16.6. The van der Waals surface area contributed by atoms with Crippen molar-refractivity contribution in [1.29, 1.82) is 0 Å². The van der Waals surface area contributed by atoms with E-state index in [1.165, 1.54) is 5.56 Å². The summed E-state index contributed by atoms with van der Waals surface area (Å²) in [5.74, 6) is 0.715. The van der Waals surface area contributed by atoms with E-state index in [0.717, 1.165) is 5.56 Å². The van der Waals surface area contributed by atoms with E-state index in [0.29, 0.717) is 23.7 Å². The fourth-order valence-corrected chi connectivity index (χ4v) is 1.65. The van der Waals surface area contributed by atoms with E-state index in [4.69, 9.17) is 4.74 Å². The molecule has 106 valence electrons. The minimum Gasteiger partial charge on any atom is -0.484 e. The van der Waals surface area contributed by atoms with Crippen LogP contribution in [-0.2, 0) is 11.2 Å². The summed E-state index contributed by atoms with van der Waals surface area (Å²) in [6.45, 7) is 5.84. The van der Waals surface area contributed by atoms with E-state index in [-0.39, 0.29) is 12.5 Å². The molecule has 0 saturated carbocycles. The lowest BCUT2D eigenvalue weighted by molar-refractivity contribution is -0.118. The van der Waals surface area contributed by atoms with Gasteiger partial charge in [-0.1, -0.05) is 18.1 Å². The number of rotatable bonds is 5. The van der Waals surface area contributed by atoms with Crippen LogP contribution in [-0.4, -0.2) is 22.8 Å². The Balaban J connectivity index is 1.90. The predicted octanol–water partition coefficient (Wildman–Crippen LogP) is 2.27. The zero-order valence-electron chi connectivity index (χ0n) is 11.8. The van der Waals surface area contributed by atoms with Crippen LogP contribution in [0, 0.1) is 13.8 Å². The van der Waals surface area contributed by atoms with Crippen molar-refractivity contribution in [2.75, 3.05) is 11.9 Å². The van der Waals surface area contributed by atoms with Gasteiger partial charge in [0, 0.05) is 0 Å². The molecule has 0 radical (unpaired) electrons. The summed E-state index contributed by atoms with van der Waals surface area (Å²) in [6, 6.07) is 5.70. The third-order valence-electron chi connectivity index (χ3n) is 3.00. The third kappa shape index (κ3) is 3.34. The van der Waals surface area contributed by atoms with Gasteiger partial charge in [0.25, 0.3) is 5.91 Å². The van der Waals surface area contributed by atoms with Gasteiger partial charge in [0.15, 0.2) is 6.61 Å². The Bertz CT molecular complexity index is 607. The molecule has 1 heterocycles. The summed E-state index contributed by atoms with van der Waals surface area (Å²) in [7, 11) is 0. The van der Waals surface area contributed by atoms with Gasteiger partial charge in [-0.15, -0.1) is 0 Å². The van der Waals surface area contributed by atoms with Crippen LogP contribution in [0.3, 0.4) is 0 Å². The van der Waals surface area contributed by atoms with Crippen LogP contribution in [0.4, 0.5) is 5.82 Å². The van der Waals surface area contributed by atoms with Gasteiger partial charge in [-0.05, 0) is 48.7 Å². The second kappa shape index (κ2) is 6.18. The second-order valence-corrected chi connectivity index (χ2v) is 4.50. The molecular formula is C14H17N3O3. The highest BCUT2D eigenvalue weighted by molar-refractivity contribution is 5.91. The van der Waals surface area contributed by atoms with Crippen LogP contribution in [0.2, 0.25) is 0 Å². The van der Waals surface area contributed by atoms with Crippen molar-refractivity contribution >= 4 is 11.7 Å². The average Bonchev–Trinajstić information content (AvgIpc) is 2.87. The van der Waals surface area contributed by atoms with E-state index < -0.39 is 0 Å². The Morgan fingerprint density at radius 1 is 1.30 bits per heavy atom. The van der Waals surface area contributed by atoms with Crippen molar-refractivity contribution in [3.63, 3.8) is 0 Å². The minimum absolute atomic E-state index is 0.0848. The number of carbonyl (C=O) groups is 1. The summed E-state index contributed by atoms with van der Waals surface area (Å²) in [5.41, 5.74) is 2.92. The Morgan fingerprint density at radius 3 is 2.80 bits per heavy atom. The lowest BCUT2D eigenvalue weighted by Gasteiger charge is -2.08. The Hall–Kier alpha value is -2.37. The number of nitrogens with zero attached hydrogens (tertiary/aromatic N) is 2.